The number of nitrogens with zero attached hydrogens (tertiary/aromatic N) is 1. The zero-order valence-electron chi connectivity index (χ0n) is 8.45. The summed E-state index contributed by atoms with van der Waals surface area (Å²) >= 11 is 13.3. The van der Waals surface area contributed by atoms with Crippen LogP contribution in [0.5, 0.6) is 0 Å². The van der Waals surface area contributed by atoms with Crippen LogP contribution in [0.4, 0.5) is 0 Å². The van der Waals surface area contributed by atoms with Crippen LogP contribution >= 0.6 is 34.5 Å². The number of rotatable bonds is 2. The number of pyridine rings is 1. The lowest BCUT2D eigenvalue weighted by Crippen LogP contribution is -2.03. The first kappa shape index (κ1) is 11.9. The summed E-state index contributed by atoms with van der Waals surface area (Å²) in [7, 11) is 0. The van der Waals surface area contributed by atoms with Crippen LogP contribution in [0, 0.1) is 6.92 Å². The van der Waals surface area contributed by atoms with Gasteiger partial charge in [0.15, 0.2) is 0 Å². The van der Waals surface area contributed by atoms with E-state index in [1.54, 1.807) is 17.4 Å². The van der Waals surface area contributed by atoms with Crippen LogP contribution in [0.1, 0.15) is 22.2 Å². The van der Waals surface area contributed by atoms with Gasteiger partial charge in [0, 0.05) is 16.6 Å². The van der Waals surface area contributed by atoms with Gasteiger partial charge in [-0.15, -0.1) is 11.3 Å². The van der Waals surface area contributed by atoms with E-state index in [2.05, 4.69) is 4.98 Å². The van der Waals surface area contributed by atoms with Crippen molar-refractivity contribution in [3.63, 3.8) is 0 Å². The molecule has 0 spiro atoms. The number of aryl methyl sites for hydroxylation is 1. The van der Waals surface area contributed by atoms with Gasteiger partial charge in [-0.05, 0) is 24.4 Å². The Labute approximate surface area is 107 Å². The minimum absolute atomic E-state index is 0.380. The van der Waals surface area contributed by atoms with Crippen molar-refractivity contribution in [1.82, 2.24) is 4.98 Å². The van der Waals surface area contributed by atoms with E-state index in [4.69, 9.17) is 23.2 Å². The van der Waals surface area contributed by atoms with E-state index >= 15 is 0 Å². The summed E-state index contributed by atoms with van der Waals surface area (Å²) < 4.78 is 0. The lowest BCUT2D eigenvalue weighted by atomic mass is 10.1. The fraction of sp³-hybridized carbons (Fsp3) is 0.182. The minimum atomic E-state index is -0.795. The van der Waals surface area contributed by atoms with E-state index in [9.17, 15) is 5.11 Å². The third-order valence-electron chi connectivity index (χ3n) is 2.29. The van der Waals surface area contributed by atoms with Crippen molar-refractivity contribution in [2.24, 2.45) is 0 Å². The van der Waals surface area contributed by atoms with Crippen LogP contribution in [0.25, 0.3) is 0 Å². The number of aromatic nitrogens is 1. The quantitative estimate of drug-likeness (QED) is 0.902. The molecule has 16 heavy (non-hydrogen) atoms. The number of aliphatic hydroxyl groups excluding tert-OH is 1. The van der Waals surface area contributed by atoms with Gasteiger partial charge < -0.3 is 5.11 Å². The number of thiophene rings is 1. The molecule has 0 radical (unpaired) electrons. The van der Waals surface area contributed by atoms with Crippen LogP contribution in [0.15, 0.2) is 23.7 Å². The summed E-state index contributed by atoms with van der Waals surface area (Å²) in [6.45, 7) is 1.95. The predicted octanol–water partition coefficient (Wildman–Crippen LogP) is 3.84. The summed E-state index contributed by atoms with van der Waals surface area (Å²) in [5, 5.41) is 12.9. The molecule has 1 N–H and O–H groups in total. The SMILES string of the molecule is Cc1sccc1C(O)c1ncc(Cl)cc1Cl. The number of hydrogen-bond acceptors (Lipinski definition) is 3. The lowest BCUT2D eigenvalue weighted by Gasteiger charge is -2.11. The van der Waals surface area contributed by atoms with Gasteiger partial charge in [0.1, 0.15) is 6.10 Å². The second kappa shape index (κ2) is 4.72. The Hall–Kier alpha value is -0.610. The molecule has 5 heteroatoms. The average Bonchev–Trinajstić information content (AvgIpc) is 2.63. The molecule has 2 aromatic rings. The third kappa shape index (κ3) is 2.23. The highest BCUT2D eigenvalue weighted by Crippen LogP contribution is 2.31. The largest absolute Gasteiger partial charge is 0.382 e. The highest BCUT2D eigenvalue weighted by Gasteiger charge is 2.18. The van der Waals surface area contributed by atoms with Gasteiger partial charge >= 0.3 is 0 Å². The van der Waals surface area contributed by atoms with Crippen molar-refractivity contribution in [3.8, 4) is 0 Å². The van der Waals surface area contributed by atoms with Gasteiger partial charge in [0.2, 0.25) is 0 Å². The summed E-state index contributed by atoms with van der Waals surface area (Å²) in [6.07, 6.45) is 0.684. The predicted molar refractivity (Wildman–Crippen MR) is 67.4 cm³/mol. The molecule has 0 fully saturated rings. The Kier molecular flexibility index (Phi) is 3.50. The molecule has 1 unspecified atom stereocenters. The number of halogens is 2. The molecule has 2 nitrogen and oxygen atoms in total. The van der Waals surface area contributed by atoms with Crippen LogP contribution in [-0.4, -0.2) is 10.1 Å². The summed E-state index contributed by atoms with van der Waals surface area (Å²) in [5.41, 5.74) is 1.27. The van der Waals surface area contributed by atoms with E-state index in [-0.39, 0.29) is 0 Å². The molecule has 0 bridgehead atoms. The molecule has 0 saturated heterocycles. The number of hydrogen-bond donors (Lipinski definition) is 1. The second-order valence-corrected chi connectivity index (χ2v) is 5.32. The Bertz CT molecular complexity index is 512. The lowest BCUT2D eigenvalue weighted by molar-refractivity contribution is 0.215. The van der Waals surface area contributed by atoms with Gasteiger partial charge in [-0.25, -0.2) is 0 Å². The monoisotopic (exact) mass is 273 g/mol. The van der Waals surface area contributed by atoms with Crippen molar-refractivity contribution in [1.29, 1.82) is 0 Å². The Balaban J connectivity index is 2.41. The van der Waals surface area contributed by atoms with Crippen LogP contribution in [-0.2, 0) is 0 Å². The fourth-order valence-electron chi connectivity index (χ4n) is 1.45. The molecule has 2 rings (SSSR count). The molecule has 0 amide bonds. The molecule has 0 saturated carbocycles. The summed E-state index contributed by atoms with van der Waals surface area (Å²) in [5.74, 6) is 0. The van der Waals surface area contributed by atoms with Gasteiger partial charge in [0.05, 0.1) is 15.7 Å². The van der Waals surface area contributed by atoms with E-state index in [1.807, 2.05) is 18.4 Å². The summed E-state index contributed by atoms with van der Waals surface area (Å²) in [6, 6.07) is 3.45. The highest BCUT2D eigenvalue weighted by molar-refractivity contribution is 7.10. The topological polar surface area (TPSA) is 33.1 Å². The van der Waals surface area contributed by atoms with Crippen LogP contribution < -0.4 is 0 Å². The second-order valence-electron chi connectivity index (χ2n) is 3.36. The maximum absolute atomic E-state index is 10.1. The molecule has 2 heterocycles. The molecule has 0 aliphatic heterocycles. The molecular weight excluding hydrogens is 265 g/mol. The van der Waals surface area contributed by atoms with Gasteiger partial charge in [-0.3, -0.25) is 4.98 Å². The highest BCUT2D eigenvalue weighted by atomic mass is 35.5. The van der Waals surface area contributed by atoms with Gasteiger partial charge in [0.25, 0.3) is 0 Å². The maximum atomic E-state index is 10.1. The zero-order valence-corrected chi connectivity index (χ0v) is 10.8. The normalized spacial score (nSPS) is 12.8. The van der Waals surface area contributed by atoms with E-state index < -0.39 is 6.10 Å². The van der Waals surface area contributed by atoms with E-state index in [0.29, 0.717) is 15.7 Å². The first-order valence-corrected chi connectivity index (χ1v) is 6.26. The van der Waals surface area contributed by atoms with Crippen LogP contribution in [0.3, 0.4) is 0 Å². The number of aliphatic hydroxyl groups is 1. The molecule has 1 atom stereocenters. The average molecular weight is 274 g/mol. The molecule has 0 aliphatic carbocycles. The third-order valence-corrected chi connectivity index (χ3v) is 3.66. The molecular formula is C11H9Cl2NOS. The minimum Gasteiger partial charge on any atom is -0.382 e. The van der Waals surface area contributed by atoms with Crippen molar-refractivity contribution in [2.45, 2.75) is 13.0 Å². The summed E-state index contributed by atoms with van der Waals surface area (Å²) in [4.78, 5) is 5.12. The Morgan fingerprint density at radius 2 is 2.19 bits per heavy atom. The molecule has 0 aliphatic rings. The zero-order chi connectivity index (χ0) is 11.7. The van der Waals surface area contributed by atoms with Crippen molar-refractivity contribution in [2.75, 3.05) is 0 Å². The van der Waals surface area contributed by atoms with Crippen molar-refractivity contribution < 1.29 is 5.11 Å². The van der Waals surface area contributed by atoms with E-state index in [1.165, 1.54) is 6.20 Å². The molecule has 84 valence electrons. The first-order valence-electron chi connectivity index (χ1n) is 4.62. The Morgan fingerprint density at radius 1 is 1.44 bits per heavy atom. The smallest absolute Gasteiger partial charge is 0.124 e. The van der Waals surface area contributed by atoms with Crippen LogP contribution in [0.2, 0.25) is 10.0 Å². The van der Waals surface area contributed by atoms with Crippen molar-refractivity contribution in [3.05, 3.63) is 49.9 Å². The molecule has 2 aromatic heterocycles. The molecule has 0 aromatic carbocycles. The fourth-order valence-corrected chi connectivity index (χ4v) is 2.67. The first-order chi connectivity index (χ1) is 7.59. The van der Waals surface area contributed by atoms with Crippen molar-refractivity contribution >= 4 is 34.5 Å². The standard InChI is InChI=1S/C11H9Cl2NOS/c1-6-8(2-3-16-6)11(15)10-9(13)4-7(12)5-14-10/h2-5,11,15H,1H3. The van der Waals surface area contributed by atoms with Gasteiger partial charge in [-0.2, -0.15) is 0 Å². The van der Waals surface area contributed by atoms with E-state index in [0.717, 1.165) is 10.4 Å². The van der Waals surface area contributed by atoms with Gasteiger partial charge in [-0.1, -0.05) is 23.2 Å². The maximum Gasteiger partial charge on any atom is 0.124 e. The Morgan fingerprint density at radius 3 is 2.75 bits per heavy atom.